The van der Waals surface area contributed by atoms with Crippen molar-refractivity contribution in [3.05, 3.63) is 11.1 Å². The Morgan fingerprint density at radius 1 is 1.10 bits per heavy atom. The van der Waals surface area contributed by atoms with Crippen LogP contribution in [-0.4, -0.2) is 114 Å². The lowest BCUT2D eigenvalue weighted by atomic mass is 9.87. The third-order valence-electron chi connectivity index (χ3n) is 9.27. The Morgan fingerprint density at radius 3 is 2.72 bits per heavy atom. The Hall–Kier alpha value is -0.510. The lowest BCUT2D eigenvalue weighted by Gasteiger charge is -2.41. The molecule has 8 unspecified atom stereocenters. The van der Waals surface area contributed by atoms with E-state index in [1.807, 2.05) is 29.6 Å². The second-order valence-electron chi connectivity index (χ2n) is 11.8. The first-order valence-electron chi connectivity index (χ1n) is 14.6. The molecule has 13 heteroatoms. The van der Waals surface area contributed by atoms with Gasteiger partial charge in [0.15, 0.2) is 5.78 Å². The summed E-state index contributed by atoms with van der Waals surface area (Å²) in [4.78, 5) is 27.9. The highest BCUT2D eigenvalue weighted by molar-refractivity contribution is 8.07. The van der Waals surface area contributed by atoms with E-state index in [0.717, 1.165) is 56.6 Å². The predicted octanol–water partition coefficient (Wildman–Crippen LogP) is -1.12. The average Bonchev–Trinajstić information content (AvgIpc) is 3.57. The van der Waals surface area contributed by atoms with Crippen LogP contribution in [-0.2, 0) is 14.3 Å². The molecule has 5 aliphatic heterocycles. The molecule has 9 N–H and O–H groups in total. The zero-order chi connectivity index (χ0) is 26.9. The molecule has 4 saturated heterocycles. The molecule has 10 nitrogen and oxygen atoms in total. The lowest BCUT2D eigenvalue weighted by Crippen LogP contribution is -2.72. The molecule has 1 saturated carbocycles. The molecule has 5 heterocycles. The number of hydrogen-bond donors (Lipinski definition) is 6. The minimum Gasteiger partial charge on any atom is -0.378 e. The smallest absolute Gasteiger partial charge is 0.236 e. The summed E-state index contributed by atoms with van der Waals surface area (Å²) >= 11 is 5.53. The molecule has 1 aliphatic carbocycles. The van der Waals surface area contributed by atoms with Crippen LogP contribution in [0.3, 0.4) is 0 Å². The molecule has 5 fully saturated rings. The summed E-state index contributed by atoms with van der Waals surface area (Å²) in [5, 5.41) is 12.9. The van der Waals surface area contributed by atoms with Crippen LogP contribution < -0.4 is 32.1 Å². The fourth-order valence-electron chi connectivity index (χ4n) is 7.14. The first-order valence-corrected chi connectivity index (χ1v) is 17.4. The maximum atomic E-state index is 13.2. The van der Waals surface area contributed by atoms with E-state index in [-0.39, 0.29) is 46.4 Å². The van der Waals surface area contributed by atoms with Gasteiger partial charge in [0.25, 0.3) is 0 Å². The minimum absolute atomic E-state index is 0.0287. The molecule has 39 heavy (non-hydrogen) atoms. The van der Waals surface area contributed by atoms with Crippen LogP contribution in [0, 0.1) is 5.92 Å². The van der Waals surface area contributed by atoms with Crippen LogP contribution in [0.15, 0.2) is 11.1 Å². The first-order chi connectivity index (χ1) is 19.0. The van der Waals surface area contributed by atoms with Crippen molar-refractivity contribution in [1.29, 1.82) is 0 Å². The summed E-state index contributed by atoms with van der Waals surface area (Å²) < 4.78 is 9.09. The number of quaternary nitrogens is 1. The molecule has 1 amide bonds. The summed E-state index contributed by atoms with van der Waals surface area (Å²) in [5.74, 6) is 1.34. The van der Waals surface area contributed by atoms with Crippen molar-refractivity contribution in [2.24, 2.45) is 11.7 Å². The number of ether oxygens (including phenoxy) is 1. The molecular formula is C26H44N7O3S3+. The van der Waals surface area contributed by atoms with Gasteiger partial charge in [-0.05, 0) is 30.9 Å². The number of rotatable bonds is 7. The largest absolute Gasteiger partial charge is 0.378 e. The van der Waals surface area contributed by atoms with Gasteiger partial charge in [-0.25, -0.2) is 0 Å². The first kappa shape index (κ1) is 28.6. The zero-order valence-corrected chi connectivity index (χ0v) is 25.0. The van der Waals surface area contributed by atoms with Gasteiger partial charge >= 0.3 is 0 Å². The second kappa shape index (κ2) is 12.8. The van der Waals surface area contributed by atoms with Crippen molar-refractivity contribution in [2.75, 3.05) is 45.1 Å². The van der Waals surface area contributed by atoms with E-state index >= 15 is 0 Å². The molecule has 0 aromatic carbocycles. The molecule has 0 aromatic heterocycles. The topological polar surface area (TPSA) is 148 Å². The van der Waals surface area contributed by atoms with E-state index in [4.69, 9.17) is 10.5 Å². The number of primary amides is 1. The number of nitrogens with two attached hydrogens (primary N) is 1. The Bertz CT molecular complexity index is 938. The van der Waals surface area contributed by atoms with Crippen molar-refractivity contribution >= 4 is 47.2 Å². The number of nitrogens with zero attached hydrogens (tertiary/aromatic N) is 1. The molecule has 0 bridgehead atoms. The Labute approximate surface area is 244 Å². The summed E-state index contributed by atoms with van der Waals surface area (Å²) in [6.07, 6.45) is 7.62. The van der Waals surface area contributed by atoms with Gasteiger partial charge in [-0.15, -0.1) is 23.5 Å². The summed E-state index contributed by atoms with van der Waals surface area (Å²) in [7, 11) is 0. The molecule has 218 valence electrons. The standard InChI is InChI=1S/C26H43N7O3S3/c27-16-3-1-2-4-17(16)31-14-9-18(22(26(28)35)29-11-14)32-19-12-30-39-23(19)15-13-37-25-20(34)10-21(38-24(15)25)33-5-7-36-8-6-33/h10,14-19,22-25,29-32H,1-9,11-13,27H2,(H2,28,35)/p+1/t14?,15?,16-,17-,18?,19?,22?,23?,24?,25?/m1/s1. The molecule has 0 radical (unpaired) electrons. The number of fused-ring (bicyclic) bond motifs is 1. The van der Waals surface area contributed by atoms with Gasteiger partial charge in [-0.2, -0.15) is 0 Å². The fraction of sp³-hybridized carbons (Fsp3) is 0.846. The van der Waals surface area contributed by atoms with Crippen molar-refractivity contribution in [2.45, 2.75) is 84.1 Å². The molecule has 6 rings (SSSR count). The van der Waals surface area contributed by atoms with Crippen molar-refractivity contribution in [3.8, 4) is 0 Å². The number of allylic oxidation sites excluding steroid dienone is 1. The number of nitrogens with one attached hydrogen (secondary N) is 4. The highest BCUT2D eigenvalue weighted by Gasteiger charge is 2.51. The summed E-state index contributed by atoms with van der Waals surface area (Å²) in [6.45, 7) is 4.71. The quantitative estimate of drug-likeness (QED) is 0.198. The van der Waals surface area contributed by atoms with Crippen molar-refractivity contribution in [1.82, 2.24) is 25.6 Å². The van der Waals surface area contributed by atoms with Crippen molar-refractivity contribution in [3.63, 3.8) is 0 Å². The number of amides is 1. The molecular weight excluding hydrogens is 555 g/mol. The van der Waals surface area contributed by atoms with Crippen LogP contribution >= 0.6 is 35.5 Å². The van der Waals surface area contributed by atoms with Gasteiger partial charge in [0.2, 0.25) is 5.91 Å². The zero-order valence-electron chi connectivity index (χ0n) is 22.5. The normalized spacial score (nSPS) is 43.3. The second-order valence-corrected chi connectivity index (χ2v) is 15.3. The van der Waals surface area contributed by atoms with Crippen LogP contribution in [0.5, 0.6) is 0 Å². The predicted molar refractivity (Wildman–Crippen MR) is 158 cm³/mol. The van der Waals surface area contributed by atoms with E-state index in [9.17, 15) is 9.59 Å². The molecule has 6 aliphatic rings. The van der Waals surface area contributed by atoms with Gasteiger partial charge in [-0.1, -0.05) is 18.4 Å². The SMILES string of the molecule is NC(=O)C1NCC(N[C@@H]2CCCC[C@H]2[NH3+])CC1NC1CNSC1C1CSC2C(=O)C=C(N3CCOCC3)SC21. The third-order valence-corrected chi connectivity index (χ3v) is 13.7. The average molecular weight is 599 g/mol. The minimum atomic E-state index is -0.386. The number of thioether (sulfide) groups is 2. The van der Waals surface area contributed by atoms with Crippen LogP contribution in [0.25, 0.3) is 0 Å². The number of morpholine rings is 1. The van der Waals surface area contributed by atoms with Crippen LogP contribution in [0.1, 0.15) is 32.1 Å². The van der Waals surface area contributed by atoms with E-state index in [1.54, 1.807) is 11.9 Å². The van der Waals surface area contributed by atoms with Gasteiger partial charge in [0, 0.05) is 67.3 Å². The van der Waals surface area contributed by atoms with Crippen molar-refractivity contribution < 1.29 is 20.1 Å². The fourth-order valence-corrected chi connectivity index (χ4v) is 12.1. The van der Waals surface area contributed by atoms with E-state index < -0.39 is 0 Å². The van der Waals surface area contributed by atoms with Gasteiger partial charge in [0.05, 0.1) is 35.6 Å². The monoisotopic (exact) mass is 598 g/mol. The van der Waals surface area contributed by atoms with Gasteiger partial charge < -0.3 is 37.1 Å². The van der Waals surface area contributed by atoms with Gasteiger partial charge in [0.1, 0.15) is 6.04 Å². The number of carbonyl (C=O) groups excluding carboxylic acids is 2. The highest BCUT2D eigenvalue weighted by atomic mass is 32.2. The van der Waals surface area contributed by atoms with E-state index in [1.165, 1.54) is 25.7 Å². The Balaban J connectivity index is 1.12. The van der Waals surface area contributed by atoms with E-state index in [0.29, 0.717) is 23.3 Å². The molecule has 0 spiro atoms. The number of ketones is 1. The molecule has 0 aromatic rings. The maximum absolute atomic E-state index is 13.2. The van der Waals surface area contributed by atoms with E-state index in [2.05, 4.69) is 31.3 Å². The highest BCUT2D eigenvalue weighted by Crippen LogP contribution is 2.50. The van der Waals surface area contributed by atoms with Gasteiger partial charge in [-0.3, -0.25) is 14.3 Å². The van der Waals surface area contributed by atoms with Crippen LogP contribution in [0.2, 0.25) is 0 Å². The Morgan fingerprint density at radius 2 is 1.92 bits per heavy atom. The number of piperidine rings is 1. The lowest BCUT2D eigenvalue weighted by molar-refractivity contribution is -0.431. The Kier molecular flexibility index (Phi) is 9.38. The third kappa shape index (κ3) is 6.31. The number of carbonyl (C=O) groups is 2. The molecule has 10 atom stereocenters. The summed E-state index contributed by atoms with van der Waals surface area (Å²) in [5.41, 5.74) is 10.3. The number of hydrogen-bond acceptors (Lipinski definition) is 11. The maximum Gasteiger partial charge on any atom is 0.236 e. The van der Waals surface area contributed by atoms with Crippen LogP contribution in [0.4, 0.5) is 0 Å². The summed E-state index contributed by atoms with van der Waals surface area (Å²) in [6, 6.07) is 0.945.